The Morgan fingerprint density at radius 2 is 1.86 bits per heavy atom. The second kappa shape index (κ2) is 8.34. The van der Waals surface area contributed by atoms with E-state index in [9.17, 15) is 0 Å². The molecule has 0 aliphatic heterocycles. The third-order valence-corrected chi connectivity index (χ3v) is 5.32. The molecule has 1 heterocycles. The smallest absolute Gasteiger partial charge is 0.0991 e. The van der Waals surface area contributed by atoms with Gasteiger partial charge in [0.25, 0.3) is 0 Å². The molecule has 3 nitrogen and oxygen atoms in total. The zero-order valence-corrected chi connectivity index (χ0v) is 16.9. The Balaban J connectivity index is 1.50. The maximum absolute atomic E-state index is 8.96. The average Bonchev–Trinajstić information content (AvgIpc) is 3.16. The Hall–Kier alpha value is -3.35. The fourth-order valence-corrected chi connectivity index (χ4v) is 3.63. The standard InChI is InChI=1S/C25H20ClN3/c1-17(28-12-11-22-16-29-25-10-9-23(26)14-24(22)25)20-3-2-4-21(13-20)19-7-5-18(15-27)6-8-19/h2-10,13-14,16,29H,11-12H2,1H3. The zero-order chi connectivity index (χ0) is 20.2. The molecule has 0 amide bonds. The Labute approximate surface area is 175 Å². The van der Waals surface area contributed by atoms with E-state index in [1.807, 2.05) is 61.7 Å². The van der Waals surface area contributed by atoms with Gasteiger partial charge in [-0.05, 0) is 72.0 Å². The highest BCUT2D eigenvalue weighted by molar-refractivity contribution is 6.31. The van der Waals surface area contributed by atoms with Gasteiger partial charge in [0.2, 0.25) is 0 Å². The van der Waals surface area contributed by atoms with Gasteiger partial charge in [-0.1, -0.05) is 41.9 Å². The molecular formula is C25H20ClN3. The highest BCUT2D eigenvalue weighted by Crippen LogP contribution is 2.23. The van der Waals surface area contributed by atoms with Crippen LogP contribution in [0, 0.1) is 11.3 Å². The lowest BCUT2D eigenvalue weighted by molar-refractivity contribution is 0.974. The molecule has 29 heavy (non-hydrogen) atoms. The fourth-order valence-electron chi connectivity index (χ4n) is 3.45. The largest absolute Gasteiger partial charge is 0.361 e. The zero-order valence-electron chi connectivity index (χ0n) is 16.1. The second-order valence-electron chi connectivity index (χ2n) is 6.99. The maximum Gasteiger partial charge on any atom is 0.0991 e. The summed E-state index contributed by atoms with van der Waals surface area (Å²) in [5.74, 6) is 0. The lowest BCUT2D eigenvalue weighted by atomic mass is 10.0. The minimum absolute atomic E-state index is 0.668. The summed E-state index contributed by atoms with van der Waals surface area (Å²) in [5.41, 5.74) is 7.32. The molecule has 4 rings (SSSR count). The highest BCUT2D eigenvalue weighted by atomic mass is 35.5. The number of nitriles is 1. The molecule has 0 saturated carbocycles. The number of rotatable bonds is 5. The summed E-state index contributed by atoms with van der Waals surface area (Å²) in [5, 5.41) is 10.9. The SMILES string of the molecule is CC(=NCCc1c[nH]c2ccc(Cl)cc12)c1cccc(-c2ccc(C#N)cc2)c1. The minimum atomic E-state index is 0.668. The van der Waals surface area contributed by atoms with Crippen molar-refractivity contribution < 1.29 is 0 Å². The molecule has 3 aromatic carbocycles. The fraction of sp³-hybridized carbons (Fsp3) is 0.120. The number of fused-ring (bicyclic) bond motifs is 1. The summed E-state index contributed by atoms with van der Waals surface area (Å²) < 4.78 is 0. The molecule has 0 aliphatic carbocycles. The van der Waals surface area contributed by atoms with Crippen LogP contribution in [0.5, 0.6) is 0 Å². The van der Waals surface area contributed by atoms with Gasteiger partial charge in [-0.2, -0.15) is 5.26 Å². The number of nitrogens with one attached hydrogen (secondary N) is 1. The molecule has 0 atom stereocenters. The van der Waals surface area contributed by atoms with Crippen molar-refractivity contribution in [3.63, 3.8) is 0 Å². The first kappa shape index (κ1) is 19.0. The summed E-state index contributed by atoms with van der Waals surface area (Å²) in [6.07, 6.45) is 2.89. The quantitative estimate of drug-likeness (QED) is 0.388. The predicted octanol–water partition coefficient (Wildman–Crippen LogP) is 6.41. The Kier molecular flexibility index (Phi) is 5.46. The van der Waals surface area contributed by atoms with Crippen LogP contribution in [0.3, 0.4) is 0 Å². The Morgan fingerprint density at radius 1 is 1.03 bits per heavy atom. The number of halogens is 1. The van der Waals surface area contributed by atoms with Crippen LogP contribution in [-0.4, -0.2) is 17.2 Å². The van der Waals surface area contributed by atoms with Gasteiger partial charge in [0.05, 0.1) is 11.6 Å². The van der Waals surface area contributed by atoms with E-state index in [0.29, 0.717) is 12.1 Å². The molecule has 1 N–H and O–H groups in total. The van der Waals surface area contributed by atoms with E-state index in [0.717, 1.165) is 44.7 Å². The number of aromatic nitrogens is 1. The van der Waals surface area contributed by atoms with Gasteiger partial charge in [0, 0.05) is 34.4 Å². The number of hydrogen-bond donors (Lipinski definition) is 1. The molecule has 0 fully saturated rings. The molecule has 0 bridgehead atoms. The van der Waals surface area contributed by atoms with E-state index < -0.39 is 0 Å². The topological polar surface area (TPSA) is 51.9 Å². The lowest BCUT2D eigenvalue weighted by Crippen LogP contribution is -1.98. The van der Waals surface area contributed by atoms with Gasteiger partial charge in [-0.3, -0.25) is 4.99 Å². The van der Waals surface area contributed by atoms with Crippen LogP contribution in [0.25, 0.3) is 22.0 Å². The van der Waals surface area contributed by atoms with Crippen LogP contribution >= 0.6 is 11.6 Å². The molecule has 0 aliphatic rings. The molecule has 0 radical (unpaired) electrons. The van der Waals surface area contributed by atoms with Crippen molar-refractivity contribution in [3.05, 3.63) is 94.6 Å². The minimum Gasteiger partial charge on any atom is -0.361 e. The number of H-pyrrole nitrogens is 1. The van der Waals surface area contributed by atoms with E-state index >= 15 is 0 Å². The van der Waals surface area contributed by atoms with Crippen molar-refractivity contribution >= 4 is 28.2 Å². The second-order valence-corrected chi connectivity index (χ2v) is 7.43. The summed E-state index contributed by atoms with van der Waals surface area (Å²) in [4.78, 5) is 8.08. The van der Waals surface area contributed by atoms with Crippen molar-refractivity contribution in [2.24, 2.45) is 4.99 Å². The van der Waals surface area contributed by atoms with Crippen LogP contribution in [-0.2, 0) is 6.42 Å². The normalized spacial score (nSPS) is 11.6. The third-order valence-electron chi connectivity index (χ3n) is 5.09. The highest BCUT2D eigenvalue weighted by Gasteiger charge is 2.05. The number of aliphatic imine (C=N–C) groups is 1. The monoisotopic (exact) mass is 397 g/mol. The van der Waals surface area contributed by atoms with Gasteiger partial charge in [0.15, 0.2) is 0 Å². The van der Waals surface area contributed by atoms with Crippen molar-refractivity contribution in [1.29, 1.82) is 5.26 Å². The first-order valence-corrected chi connectivity index (χ1v) is 9.89. The summed E-state index contributed by atoms with van der Waals surface area (Å²) in [6, 6.07) is 24.0. The van der Waals surface area contributed by atoms with Crippen molar-refractivity contribution in [3.8, 4) is 17.2 Å². The Morgan fingerprint density at radius 3 is 2.66 bits per heavy atom. The molecule has 1 aromatic heterocycles. The first-order chi connectivity index (χ1) is 14.1. The van der Waals surface area contributed by atoms with Crippen molar-refractivity contribution in [2.75, 3.05) is 6.54 Å². The lowest BCUT2D eigenvalue weighted by Gasteiger charge is -2.06. The number of benzene rings is 3. The van der Waals surface area contributed by atoms with Gasteiger partial charge >= 0.3 is 0 Å². The molecule has 0 saturated heterocycles. The number of nitrogens with zero attached hydrogens (tertiary/aromatic N) is 2. The van der Waals surface area contributed by atoms with E-state index in [1.165, 1.54) is 5.56 Å². The summed E-state index contributed by atoms with van der Waals surface area (Å²) in [7, 11) is 0. The molecular weight excluding hydrogens is 378 g/mol. The first-order valence-electron chi connectivity index (χ1n) is 9.51. The van der Waals surface area contributed by atoms with Crippen molar-refractivity contribution in [2.45, 2.75) is 13.3 Å². The van der Waals surface area contributed by atoms with E-state index in [1.54, 1.807) is 0 Å². The molecule has 0 spiro atoms. The van der Waals surface area contributed by atoms with Crippen molar-refractivity contribution in [1.82, 2.24) is 4.98 Å². The van der Waals surface area contributed by atoms with Gasteiger partial charge in [-0.25, -0.2) is 0 Å². The summed E-state index contributed by atoms with van der Waals surface area (Å²) in [6.45, 7) is 2.76. The van der Waals surface area contributed by atoms with E-state index in [-0.39, 0.29) is 0 Å². The Bertz CT molecular complexity index is 1230. The average molecular weight is 398 g/mol. The van der Waals surface area contributed by atoms with Crippen LogP contribution in [0.2, 0.25) is 5.02 Å². The van der Waals surface area contributed by atoms with E-state index in [4.69, 9.17) is 21.9 Å². The van der Waals surface area contributed by atoms with Crippen LogP contribution in [0.15, 0.2) is 77.9 Å². The molecule has 4 aromatic rings. The molecule has 0 unspecified atom stereocenters. The molecule has 4 heteroatoms. The third kappa shape index (κ3) is 4.23. The van der Waals surface area contributed by atoms with Crippen LogP contribution < -0.4 is 0 Å². The maximum atomic E-state index is 8.96. The number of aromatic amines is 1. The summed E-state index contributed by atoms with van der Waals surface area (Å²) >= 11 is 6.14. The van der Waals surface area contributed by atoms with E-state index in [2.05, 4.69) is 29.3 Å². The van der Waals surface area contributed by atoms with Crippen LogP contribution in [0.1, 0.15) is 23.6 Å². The van der Waals surface area contributed by atoms with Gasteiger partial charge in [0.1, 0.15) is 0 Å². The van der Waals surface area contributed by atoms with Gasteiger partial charge in [-0.15, -0.1) is 0 Å². The molecule has 142 valence electrons. The predicted molar refractivity (Wildman–Crippen MR) is 121 cm³/mol. The number of hydrogen-bond acceptors (Lipinski definition) is 2. The van der Waals surface area contributed by atoms with Crippen LogP contribution in [0.4, 0.5) is 0 Å². The van der Waals surface area contributed by atoms with Gasteiger partial charge < -0.3 is 4.98 Å².